The number of unbranched alkanes of at least 4 members (excludes halogenated alkanes) is 2. The number of ether oxygens (including phenoxy) is 2. The van der Waals surface area contributed by atoms with Crippen LogP contribution >= 0.6 is 0 Å². The van der Waals surface area contributed by atoms with Gasteiger partial charge in [0.25, 0.3) is 0 Å². The van der Waals surface area contributed by atoms with Crippen LogP contribution < -0.4 is 0 Å². The largest absolute Gasteiger partial charge is 0.462 e. The maximum atomic E-state index is 11.9. The summed E-state index contributed by atoms with van der Waals surface area (Å²) in [4.78, 5) is 23.7. The molecule has 0 atom stereocenters. The molecule has 0 unspecified atom stereocenters. The molecule has 0 aliphatic heterocycles. The number of nitrogens with zero attached hydrogens (tertiary/aromatic N) is 2. The molecule has 0 aliphatic rings. The summed E-state index contributed by atoms with van der Waals surface area (Å²) in [6.07, 6.45) is 3.67. The van der Waals surface area contributed by atoms with Crippen molar-refractivity contribution in [1.82, 2.24) is 0 Å². The highest BCUT2D eigenvalue weighted by atomic mass is 16.5. The van der Waals surface area contributed by atoms with Gasteiger partial charge in [-0.15, -0.1) is 0 Å². The molecule has 0 N–H and O–H groups in total. The highest BCUT2D eigenvalue weighted by Gasteiger charge is 2.07. The second-order valence-corrected chi connectivity index (χ2v) is 6.27. The van der Waals surface area contributed by atoms with Crippen molar-refractivity contribution < 1.29 is 19.1 Å². The molecule has 0 fully saturated rings. The summed E-state index contributed by atoms with van der Waals surface area (Å²) in [5.41, 5.74) is 2.21. The smallest absolute Gasteiger partial charge is 0.338 e. The fourth-order valence-electron chi connectivity index (χ4n) is 2.23. The second-order valence-electron chi connectivity index (χ2n) is 6.27. The minimum atomic E-state index is -0.335. The Morgan fingerprint density at radius 1 is 0.679 bits per heavy atom. The lowest BCUT2D eigenvalue weighted by atomic mass is 10.2. The standard InChI is InChI=1S/C22H26N2O4/c1-3-5-15-27-21(25)17-7-11-19(12-8-17)23-24-20-13-9-18(10-14-20)22(26)28-16-6-4-2/h7-14H,3-6,15-16H2,1-2H3. The summed E-state index contributed by atoms with van der Waals surface area (Å²) in [5, 5.41) is 8.29. The van der Waals surface area contributed by atoms with E-state index in [1.165, 1.54) is 0 Å². The molecule has 0 radical (unpaired) electrons. The maximum absolute atomic E-state index is 11.9. The van der Waals surface area contributed by atoms with Gasteiger partial charge in [-0.3, -0.25) is 0 Å². The quantitative estimate of drug-likeness (QED) is 0.286. The van der Waals surface area contributed by atoms with Gasteiger partial charge in [0.1, 0.15) is 0 Å². The highest BCUT2D eigenvalue weighted by molar-refractivity contribution is 5.90. The van der Waals surface area contributed by atoms with E-state index in [9.17, 15) is 9.59 Å². The van der Waals surface area contributed by atoms with E-state index in [2.05, 4.69) is 10.2 Å². The summed E-state index contributed by atoms with van der Waals surface area (Å²) in [6.45, 7) is 4.94. The van der Waals surface area contributed by atoms with Crippen LogP contribution in [0.5, 0.6) is 0 Å². The van der Waals surface area contributed by atoms with Crippen molar-refractivity contribution in [3.05, 3.63) is 59.7 Å². The van der Waals surface area contributed by atoms with E-state index < -0.39 is 0 Å². The van der Waals surface area contributed by atoms with E-state index >= 15 is 0 Å². The highest BCUT2D eigenvalue weighted by Crippen LogP contribution is 2.20. The molecule has 28 heavy (non-hydrogen) atoms. The van der Waals surface area contributed by atoms with Gasteiger partial charge in [-0.25, -0.2) is 9.59 Å². The summed E-state index contributed by atoms with van der Waals surface area (Å²) >= 11 is 0. The van der Waals surface area contributed by atoms with E-state index in [1.54, 1.807) is 48.5 Å². The number of benzene rings is 2. The van der Waals surface area contributed by atoms with Crippen LogP contribution in [0.1, 0.15) is 60.2 Å². The molecule has 0 aromatic heterocycles. The molecule has 0 aliphatic carbocycles. The summed E-state index contributed by atoms with van der Waals surface area (Å²) in [6, 6.07) is 13.5. The lowest BCUT2D eigenvalue weighted by Crippen LogP contribution is -2.05. The number of esters is 2. The average molecular weight is 382 g/mol. The van der Waals surface area contributed by atoms with Gasteiger partial charge in [0, 0.05) is 0 Å². The van der Waals surface area contributed by atoms with E-state index in [-0.39, 0.29) is 11.9 Å². The fourth-order valence-corrected chi connectivity index (χ4v) is 2.23. The van der Waals surface area contributed by atoms with Crippen molar-refractivity contribution in [1.29, 1.82) is 0 Å². The summed E-state index contributed by atoms with van der Waals surface area (Å²) < 4.78 is 10.3. The monoisotopic (exact) mass is 382 g/mol. The SMILES string of the molecule is CCCCOC(=O)c1ccc(N=Nc2ccc(C(=O)OCCCC)cc2)cc1. The average Bonchev–Trinajstić information content (AvgIpc) is 2.73. The van der Waals surface area contributed by atoms with Gasteiger partial charge in [-0.2, -0.15) is 10.2 Å². The van der Waals surface area contributed by atoms with Crippen molar-refractivity contribution in [2.45, 2.75) is 39.5 Å². The molecule has 0 saturated carbocycles. The van der Waals surface area contributed by atoms with Crippen LogP contribution in [0.25, 0.3) is 0 Å². The molecular weight excluding hydrogens is 356 g/mol. The number of carbonyl (C=O) groups is 2. The molecule has 6 nitrogen and oxygen atoms in total. The van der Waals surface area contributed by atoms with Crippen LogP contribution in [-0.4, -0.2) is 25.2 Å². The maximum Gasteiger partial charge on any atom is 0.338 e. The Morgan fingerprint density at radius 2 is 1.04 bits per heavy atom. The molecular formula is C22H26N2O4. The lowest BCUT2D eigenvalue weighted by Gasteiger charge is -2.04. The third-order valence-electron chi connectivity index (χ3n) is 3.95. The first kappa shape index (κ1) is 21.3. The molecule has 6 heteroatoms. The van der Waals surface area contributed by atoms with Crippen molar-refractivity contribution in [2.75, 3.05) is 13.2 Å². The third kappa shape index (κ3) is 6.95. The van der Waals surface area contributed by atoms with Gasteiger partial charge in [-0.1, -0.05) is 26.7 Å². The fraction of sp³-hybridized carbons (Fsp3) is 0.364. The zero-order valence-electron chi connectivity index (χ0n) is 16.4. The van der Waals surface area contributed by atoms with Gasteiger partial charge in [0.2, 0.25) is 0 Å². The molecule has 148 valence electrons. The van der Waals surface area contributed by atoms with E-state index in [1.807, 2.05) is 13.8 Å². The molecule has 2 aromatic carbocycles. The minimum absolute atomic E-state index is 0.335. The van der Waals surface area contributed by atoms with Crippen molar-refractivity contribution >= 4 is 23.3 Å². The number of carbonyl (C=O) groups excluding carboxylic acids is 2. The zero-order chi connectivity index (χ0) is 20.2. The molecule has 0 saturated heterocycles. The van der Waals surface area contributed by atoms with Gasteiger partial charge < -0.3 is 9.47 Å². The zero-order valence-corrected chi connectivity index (χ0v) is 16.4. The summed E-state index contributed by atoms with van der Waals surface area (Å²) in [7, 11) is 0. The van der Waals surface area contributed by atoms with Gasteiger partial charge in [-0.05, 0) is 61.4 Å². The van der Waals surface area contributed by atoms with Crippen molar-refractivity contribution in [3.8, 4) is 0 Å². The Kier molecular flexibility index (Phi) is 8.85. The van der Waals surface area contributed by atoms with Crippen LogP contribution in [-0.2, 0) is 9.47 Å². The van der Waals surface area contributed by atoms with Crippen molar-refractivity contribution in [2.24, 2.45) is 10.2 Å². The van der Waals surface area contributed by atoms with Crippen LogP contribution in [0, 0.1) is 0 Å². The van der Waals surface area contributed by atoms with E-state index in [0.717, 1.165) is 25.7 Å². The first-order valence-corrected chi connectivity index (χ1v) is 9.60. The number of rotatable bonds is 10. The molecule has 0 amide bonds. The number of azo groups is 1. The Hall–Kier alpha value is -3.02. The minimum Gasteiger partial charge on any atom is -0.462 e. The van der Waals surface area contributed by atoms with E-state index in [0.29, 0.717) is 35.7 Å². The molecule has 0 bridgehead atoms. The van der Waals surface area contributed by atoms with Crippen LogP contribution in [0.2, 0.25) is 0 Å². The van der Waals surface area contributed by atoms with Crippen LogP contribution in [0.15, 0.2) is 58.8 Å². The molecule has 2 aromatic rings. The lowest BCUT2D eigenvalue weighted by molar-refractivity contribution is 0.0490. The first-order valence-electron chi connectivity index (χ1n) is 9.60. The Balaban J connectivity index is 1.90. The topological polar surface area (TPSA) is 77.3 Å². The second kappa shape index (κ2) is 11.6. The number of hydrogen-bond donors (Lipinski definition) is 0. The summed E-state index contributed by atoms with van der Waals surface area (Å²) in [5.74, 6) is -0.670. The van der Waals surface area contributed by atoms with Crippen LogP contribution in [0.4, 0.5) is 11.4 Å². The number of hydrogen-bond acceptors (Lipinski definition) is 6. The normalized spacial score (nSPS) is 10.8. The Labute approximate surface area is 165 Å². The van der Waals surface area contributed by atoms with Gasteiger partial charge in [0.05, 0.1) is 35.7 Å². The predicted molar refractivity (Wildman–Crippen MR) is 107 cm³/mol. The van der Waals surface area contributed by atoms with Gasteiger partial charge in [0.15, 0.2) is 0 Å². The first-order chi connectivity index (χ1) is 13.6. The molecule has 0 spiro atoms. The van der Waals surface area contributed by atoms with E-state index in [4.69, 9.17) is 9.47 Å². The van der Waals surface area contributed by atoms with Gasteiger partial charge >= 0.3 is 11.9 Å². The predicted octanol–water partition coefficient (Wildman–Crippen LogP) is 6.02. The Morgan fingerprint density at radius 3 is 1.36 bits per heavy atom. The van der Waals surface area contributed by atoms with Crippen LogP contribution in [0.3, 0.4) is 0 Å². The Bertz CT molecular complexity index is 716. The molecule has 2 rings (SSSR count). The van der Waals surface area contributed by atoms with Crippen molar-refractivity contribution in [3.63, 3.8) is 0 Å². The molecule has 0 heterocycles. The third-order valence-corrected chi connectivity index (χ3v) is 3.95.